The molecule has 2 saturated heterocycles. The number of carbonyl (C=O) groups excluding carboxylic acids is 1. The SMILES string of the molecule is COc1cc(/C=C/c2cccc(-c3cccc(NC(=O)c4ccc(CN5CC[C@@H](O)C5)cn4)c3C)c2C)c(C(F)(F)F)cc1CN1CCC(C)(C(=O)O)C1. The molecule has 0 saturated carbocycles. The van der Waals surface area contributed by atoms with Crippen molar-refractivity contribution in [2.24, 2.45) is 5.41 Å². The van der Waals surface area contributed by atoms with Crippen LogP contribution in [0.15, 0.2) is 66.9 Å². The molecule has 0 spiro atoms. The Kier molecular flexibility index (Phi) is 11.3. The summed E-state index contributed by atoms with van der Waals surface area (Å²) in [5.41, 5.74) is 4.47. The van der Waals surface area contributed by atoms with Crippen LogP contribution < -0.4 is 10.1 Å². The van der Waals surface area contributed by atoms with Crippen molar-refractivity contribution >= 4 is 29.7 Å². The molecule has 2 atom stereocenters. The van der Waals surface area contributed by atoms with E-state index in [0.29, 0.717) is 43.1 Å². The van der Waals surface area contributed by atoms with Gasteiger partial charge in [0.25, 0.3) is 5.91 Å². The molecule has 2 aliphatic heterocycles. The zero-order valence-electron chi connectivity index (χ0n) is 30.8. The highest BCUT2D eigenvalue weighted by atomic mass is 19.4. The molecule has 9 nitrogen and oxygen atoms in total. The number of hydrogen-bond acceptors (Lipinski definition) is 7. The number of nitrogens with one attached hydrogen (secondary N) is 1. The van der Waals surface area contributed by atoms with Gasteiger partial charge in [0.05, 0.1) is 24.2 Å². The summed E-state index contributed by atoms with van der Waals surface area (Å²) in [4.78, 5) is 33.3. The molecule has 0 bridgehead atoms. The quantitative estimate of drug-likeness (QED) is 0.134. The van der Waals surface area contributed by atoms with E-state index in [0.717, 1.165) is 52.4 Å². The van der Waals surface area contributed by atoms with Gasteiger partial charge < -0.3 is 20.3 Å². The number of methoxy groups -OCH3 is 1. The number of carbonyl (C=O) groups is 2. The standard InChI is InChI=1S/C42H45F3N4O5/c1-26-29(12-13-30-20-38(54-4)31(19-35(30)42(43,44)45)23-49-18-16-41(3,25-49)40(52)53)7-5-8-33(26)34-9-6-10-36(27(34)2)47-39(51)37-14-11-28(21-46-37)22-48-17-15-32(50)24-48/h5-14,19-21,32,50H,15-18,22-25H2,1-4H3,(H,47,51)(H,52,53)/b13-12+/t32-,41?/m1/s1. The number of aliphatic hydroxyl groups excluding tert-OH is 1. The average Bonchev–Trinajstić information content (AvgIpc) is 3.73. The lowest BCUT2D eigenvalue weighted by Crippen LogP contribution is -2.31. The zero-order chi connectivity index (χ0) is 38.8. The number of rotatable bonds is 11. The second kappa shape index (κ2) is 15.7. The minimum atomic E-state index is -4.64. The van der Waals surface area contributed by atoms with E-state index in [1.54, 1.807) is 25.3 Å². The maximum atomic E-state index is 14.5. The van der Waals surface area contributed by atoms with Crippen molar-refractivity contribution < 1.29 is 37.7 Å². The van der Waals surface area contributed by atoms with Gasteiger partial charge in [-0.1, -0.05) is 48.6 Å². The summed E-state index contributed by atoms with van der Waals surface area (Å²) in [6.45, 7) is 8.37. The van der Waals surface area contributed by atoms with E-state index in [2.05, 4.69) is 15.2 Å². The molecule has 0 radical (unpaired) electrons. The topological polar surface area (TPSA) is 115 Å². The molecule has 2 fully saturated rings. The number of halogens is 3. The Balaban J connectivity index is 1.21. The van der Waals surface area contributed by atoms with E-state index in [4.69, 9.17) is 4.74 Å². The van der Waals surface area contributed by atoms with Gasteiger partial charge in [-0.2, -0.15) is 13.2 Å². The fraction of sp³-hybridized carbons (Fsp3) is 0.357. The van der Waals surface area contributed by atoms with Crippen molar-refractivity contribution in [2.45, 2.75) is 59.0 Å². The Morgan fingerprint density at radius 1 is 0.981 bits per heavy atom. The lowest BCUT2D eigenvalue weighted by Gasteiger charge is -2.22. The molecule has 6 rings (SSSR count). The Morgan fingerprint density at radius 2 is 1.70 bits per heavy atom. The van der Waals surface area contributed by atoms with Crippen LogP contribution in [0.5, 0.6) is 5.75 Å². The van der Waals surface area contributed by atoms with Crippen molar-refractivity contribution in [3.8, 4) is 16.9 Å². The number of carboxylic acid groups (broad SMARTS) is 1. The fourth-order valence-corrected chi connectivity index (χ4v) is 7.37. The van der Waals surface area contributed by atoms with E-state index in [9.17, 15) is 33.0 Å². The van der Waals surface area contributed by atoms with Gasteiger partial charge in [-0.05, 0) is 103 Å². The molecule has 2 aliphatic rings. The normalized spacial score (nSPS) is 19.4. The Hall–Kier alpha value is -5.04. The first-order valence-corrected chi connectivity index (χ1v) is 17.9. The number of pyridine rings is 1. The van der Waals surface area contributed by atoms with Gasteiger partial charge in [0.15, 0.2) is 0 Å². The van der Waals surface area contributed by atoms with E-state index in [1.807, 2.05) is 61.2 Å². The van der Waals surface area contributed by atoms with Crippen LogP contribution in [0.4, 0.5) is 18.9 Å². The first-order chi connectivity index (χ1) is 25.6. The molecule has 284 valence electrons. The van der Waals surface area contributed by atoms with Crippen molar-refractivity contribution in [3.63, 3.8) is 0 Å². The van der Waals surface area contributed by atoms with Crippen molar-refractivity contribution in [3.05, 3.63) is 111 Å². The Morgan fingerprint density at radius 3 is 2.33 bits per heavy atom. The highest BCUT2D eigenvalue weighted by Crippen LogP contribution is 2.39. The van der Waals surface area contributed by atoms with Gasteiger partial charge in [-0.3, -0.25) is 24.4 Å². The number of carboxylic acids is 1. The molecule has 3 aromatic carbocycles. The number of likely N-dealkylation sites (tertiary alicyclic amines) is 2. The maximum absolute atomic E-state index is 14.5. The fourth-order valence-electron chi connectivity index (χ4n) is 7.37. The van der Waals surface area contributed by atoms with Crippen molar-refractivity contribution in [2.75, 3.05) is 38.6 Å². The van der Waals surface area contributed by atoms with Crippen molar-refractivity contribution in [1.82, 2.24) is 14.8 Å². The number of β-amino-alcohol motifs (C(OH)–C–C–N with tert-alkyl or cyclic N) is 1. The highest BCUT2D eigenvalue weighted by molar-refractivity contribution is 6.03. The van der Waals surface area contributed by atoms with Crippen LogP contribution in [0.1, 0.15) is 69.2 Å². The predicted octanol–water partition coefficient (Wildman–Crippen LogP) is 7.68. The summed E-state index contributed by atoms with van der Waals surface area (Å²) < 4.78 is 49.0. The molecule has 1 aromatic heterocycles. The van der Waals surface area contributed by atoms with Crippen LogP contribution in [0.3, 0.4) is 0 Å². The third-order valence-electron chi connectivity index (χ3n) is 10.6. The van der Waals surface area contributed by atoms with Crippen LogP contribution in [0.2, 0.25) is 0 Å². The number of aliphatic carboxylic acids is 1. The monoisotopic (exact) mass is 742 g/mol. The lowest BCUT2D eigenvalue weighted by molar-refractivity contribution is -0.147. The molecule has 3 N–H and O–H groups in total. The molecule has 0 aliphatic carbocycles. The van der Waals surface area contributed by atoms with Gasteiger partial charge in [-0.25, -0.2) is 0 Å². The van der Waals surface area contributed by atoms with E-state index in [1.165, 1.54) is 19.3 Å². The third-order valence-corrected chi connectivity index (χ3v) is 10.6. The number of nitrogens with zero attached hydrogens (tertiary/aromatic N) is 3. The number of anilines is 1. The van der Waals surface area contributed by atoms with Crippen LogP contribution in [-0.2, 0) is 24.1 Å². The summed E-state index contributed by atoms with van der Waals surface area (Å²) >= 11 is 0. The smallest absolute Gasteiger partial charge is 0.417 e. The first-order valence-electron chi connectivity index (χ1n) is 17.9. The molecule has 1 amide bonds. The van der Waals surface area contributed by atoms with E-state index in [-0.39, 0.29) is 36.4 Å². The molecular weight excluding hydrogens is 697 g/mol. The number of hydrogen-bond donors (Lipinski definition) is 3. The third kappa shape index (κ3) is 8.51. The van der Waals surface area contributed by atoms with E-state index < -0.39 is 23.1 Å². The highest BCUT2D eigenvalue weighted by Gasteiger charge is 2.41. The summed E-state index contributed by atoms with van der Waals surface area (Å²) in [6, 6.07) is 17.3. The molecular formula is C42H45F3N4O5. The van der Waals surface area contributed by atoms with Gasteiger partial charge in [0, 0.05) is 50.2 Å². The number of alkyl halides is 3. The minimum absolute atomic E-state index is 0.0536. The second-order valence-electron chi connectivity index (χ2n) is 14.6. The zero-order valence-corrected chi connectivity index (χ0v) is 30.8. The Bertz CT molecular complexity index is 2070. The van der Waals surface area contributed by atoms with E-state index >= 15 is 0 Å². The second-order valence-corrected chi connectivity index (χ2v) is 14.6. The Labute approximate surface area is 313 Å². The molecule has 1 unspecified atom stereocenters. The minimum Gasteiger partial charge on any atom is -0.496 e. The largest absolute Gasteiger partial charge is 0.496 e. The van der Waals surface area contributed by atoms with Crippen LogP contribution in [0.25, 0.3) is 23.3 Å². The average molecular weight is 743 g/mol. The van der Waals surface area contributed by atoms with Crippen LogP contribution >= 0.6 is 0 Å². The maximum Gasteiger partial charge on any atom is 0.417 e. The summed E-state index contributed by atoms with van der Waals surface area (Å²) in [5, 5.41) is 22.4. The van der Waals surface area contributed by atoms with Crippen LogP contribution in [0, 0.1) is 19.3 Å². The number of amides is 1. The molecule has 4 aromatic rings. The van der Waals surface area contributed by atoms with Gasteiger partial charge in [0.1, 0.15) is 11.4 Å². The summed E-state index contributed by atoms with van der Waals surface area (Å²) in [7, 11) is 1.41. The predicted molar refractivity (Wildman–Crippen MR) is 202 cm³/mol. The summed E-state index contributed by atoms with van der Waals surface area (Å²) in [6.07, 6.45) is 0.985. The first kappa shape index (κ1) is 38.7. The number of aromatic nitrogens is 1. The van der Waals surface area contributed by atoms with Crippen LogP contribution in [-0.4, -0.2) is 76.3 Å². The van der Waals surface area contributed by atoms with Crippen molar-refractivity contribution in [1.29, 1.82) is 0 Å². The molecule has 54 heavy (non-hydrogen) atoms. The summed E-state index contributed by atoms with van der Waals surface area (Å²) in [5.74, 6) is -0.984. The van der Waals surface area contributed by atoms with Gasteiger partial charge >= 0.3 is 12.1 Å². The van der Waals surface area contributed by atoms with Gasteiger partial charge in [0.2, 0.25) is 0 Å². The number of benzene rings is 3. The number of aliphatic hydroxyl groups is 1. The number of ether oxygens (including phenoxy) is 1. The molecule has 3 heterocycles. The van der Waals surface area contributed by atoms with Gasteiger partial charge in [-0.15, -0.1) is 0 Å². The lowest BCUT2D eigenvalue weighted by atomic mass is 9.90. The molecule has 12 heteroatoms.